The van der Waals surface area contributed by atoms with E-state index in [9.17, 15) is 10.1 Å². The molecule has 13 nitrogen and oxygen atoms in total. The van der Waals surface area contributed by atoms with E-state index in [0.717, 1.165) is 55.7 Å². The second kappa shape index (κ2) is 13.0. The van der Waals surface area contributed by atoms with Crippen LogP contribution in [0.1, 0.15) is 12.0 Å². The number of carbonyl (C=O) groups is 1. The molecule has 5 heterocycles. The number of likely N-dealkylation sites (tertiary alicyclic amines) is 1. The van der Waals surface area contributed by atoms with Gasteiger partial charge in [-0.05, 0) is 42.5 Å². The molecule has 2 aromatic carbocycles. The zero-order valence-corrected chi connectivity index (χ0v) is 25.4. The number of nitrogens with one attached hydrogen (secondary N) is 1. The monoisotopic (exact) mass is 642 g/mol. The van der Waals surface area contributed by atoms with E-state index in [4.69, 9.17) is 9.47 Å². The molecule has 3 saturated heterocycles. The van der Waals surface area contributed by atoms with Crippen LogP contribution in [0, 0.1) is 11.3 Å². The quantitative estimate of drug-likeness (QED) is 0.387. The molecule has 0 aliphatic carbocycles. The summed E-state index contributed by atoms with van der Waals surface area (Å²) < 4.78 is 41.2. The number of piperidine rings is 1. The zero-order chi connectivity index (χ0) is 32.4. The fourth-order valence-electron chi connectivity index (χ4n) is 6.00. The number of halogens is 2. The molecule has 1 amide bonds. The maximum Gasteiger partial charge on any atom is 0.301 e. The molecular weight excluding hydrogens is 610 g/mol. The number of nitrogens with zero attached hydrogens (tertiary/aromatic N) is 9. The van der Waals surface area contributed by atoms with E-state index in [1.54, 1.807) is 6.07 Å². The summed E-state index contributed by atoms with van der Waals surface area (Å²) in [6, 6.07) is 15.2. The highest BCUT2D eigenvalue weighted by Crippen LogP contribution is 2.34. The molecule has 4 aliphatic heterocycles. The molecule has 0 bridgehead atoms. The Kier molecular flexibility index (Phi) is 8.44. The minimum absolute atomic E-state index is 0.0164. The molecule has 242 valence electrons. The van der Waals surface area contributed by atoms with Gasteiger partial charge in [-0.15, -0.1) is 0 Å². The van der Waals surface area contributed by atoms with Crippen molar-refractivity contribution in [3.05, 3.63) is 66.1 Å². The van der Waals surface area contributed by atoms with Gasteiger partial charge < -0.3 is 24.6 Å². The predicted molar refractivity (Wildman–Crippen MR) is 166 cm³/mol. The number of carbonyl (C=O) groups excluding carboxylic acids is 1. The second-order valence-electron chi connectivity index (χ2n) is 11.8. The van der Waals surface area contributed by atoms with Crippen molar-refractivity contribution in [3.63, 3.8) is 0 Å². The summed E-state index contributed by atoms with van der Waals surface area (Å²) in [5.74, 6) is -3.21. The minimum atomic E-state index is -3.33. The lowest BCUT2D eigenvalue weighted by Crippen LogP contribution is -2.56. The molecule has 47 heavy (non-hydrogen) atoms. The molecule has 3 aromatic rings. The third-order valence-electron chi connectivity index (χ3n) is 8.77. The Morgan fingerprint density at radius 1 is 1.06 bits per heavy atom. The number of hydrogen-bond donors (Lipinski definition) is 1. The fraction of sp³-hybridized carbons (Fsp3) is 0.406. The van der Waals surface area contributed by atoms with Gasteiger partial charge in [-0.2, -0.15) is 20.5 Å². The Labute approximate surface area is 269 Å². The van der Waals surface area contributed by atoms with Gasteiger partial charge in [0.05, 0.1) is 49.7 Å². The Hall–Kier alpha value is -5.07. The molecule has 1 atom stereocenters. The number of piperazine rings is 1. The van der Waals surface area contributed by atoms with Gasteiger partial charge in [0.25, 0.3) is 5.91 Å². The average Bonchev–Trinajstić information content (AvgIpc) is 3.61. The summed E-state index contributed by atoms with van der Waals surface area (Å²) in [7, 11) is 0. The number of ether oxygens (including phenoxy) is 2. The van der Waals surface area contributed by atoms with Gasteiger partial charge in [0.2, 0.25) is 5.95 Å². The van der Waals surface area contributed by atoms with Crippen molar-refractivity contribution < 1.29 is 23.0 Å². The number of nitriles is 1. The summed E-state index contributed by atoms with van der Waals surface area (Å²) in [6.45, 7) is 4.98. The number of alkyl halides is 2. The van der Waals surface area contributed by atoms with E-state index < -0.39 is 24.5 Å². The first-order valence-electron chi connectivity index (χ1n) is 15.4. The van der Waals surface area contributed by atoms with E-state index in [2.05, 4.69) is 52.4 Å². The second-order valence-corrected chi connectivity index (χ2v) is 11.8. The van der Waals surface area contributed by atoms with Crippen molar-refractivity contribution in [1.82, 2.24) is 24.8 Å². The molecule has 3 fully saturated rings. The van der Waals surface area contributed by atoms with E-state index in [1.165, 1.54) is 24.7 Å². The Morgan fingerprint density at radius 2 is 1.87 bits per heavy atom. The molecule has 15 heteroatoms. The summed E-state index contributed by atoms with van der Waals surface area (Å²) >= 11 is 0. The van der Waals surface area contributed by atoms with Crippen LogP contribution in [0.15, 0.2) is 70.8 Å². The van der Waals surface area contributed by atoms with Crippen LogP contribution in [0.4, 0.5) is 26.1 Å². The van der Waals surface area contributed by atoms with Crippen molar-refractivity contribution in [2.75, 3.05) is 69.2 Å². The van der Waals surface area contributed by atoms with Crippen molar-refractivity contribution in [2.45, 2.75) is 24.5 Å². The van der Waals surface area contributed by atoms with Crippen LogP contribution in [0.25, 0.3) is 11.4 Å². The molecular formula is C32H32F2N10O3. The van der Waals surface area contributed by atoms with E-state index in [0.29, 0.717) is 23.4 Å². The first kappa shape index (κ1) is 30.6. The molecule has 7 rings (SSSR count). The van der Waals surface area contributed by atoms with Crippen LogP contribution in [0.3, 0.4) is 0 Å². The number of hydrogen-bond acceptors (Lipinski definition) is 12. The van der Waals surface area contributed by atoms with Gasteiger partial charge in [0, 0.05) is 56.1 Å². The maximum atomic E-state index is 15.1. The van der Waals surface area contributed by atoms with Crippen molar-refractivity contribution in [3.8, 4) is 23.2 Å². The van der Waals surface area contributed by atoms with Gasteiger partial charge in [0.1, 0.15) is 18.1 Å². The molecule has 1 aromatic heterocycles. The zero-order valence-electron chi connectivity index (χ0n) is 25.4. The standard InChI is InChI=1S/C32H32F2N10O3/c33-32(34)19-44(30(45)23-15-38-39-16-23)8-7-28(32)47-27-6-1-21(13-22(27)14-35)29-36-20-37-31(41-29)40-24-2-4-25(5-3-24)42-9-11-43(12-10-42)26-17-46-18-26/h1-6,13,15,20,26,28H,7-12,16-19H2,(H,36,37,40,41)/t28-/m0/s1. The van der Waals surface area contributed by atoms with Crippen LogP contribution in [0.2, 0.25) is 0 Å². The number of aromatic nitrogens is 3. The molecule has 4 aliphatic rings. The molecule has 1 N–H and O–H groups in total. The first-order chi connectivity index (χ1) is 22.9. The number of amides is 1. The third kappa shape index (κ3) is 6.60. The minimum Gasteiger partial charge on any atom is -0.483 e. The van der Waals surface area contributed by atoms with E-state index in [-0.39, 0.29) is 36.4 Å². The van der Waals surface area contributed by atoms with Gasteiger partial charge in [-0.25, -0.2) is 18.7 Å². The van der Waals surface area contributed by atoms with E-state index >= 15 is 8.78 Å². The highest BCUT2D eigenvalue weighted by Gasteiger charge is 2.48. The van der Waals surface area contributed by atoms with Crippen molar-refractivity contribution >= 4 is 23.2 Å². The first-order valence-corrected chi connectivity index (χ1v) is 15.4. The van der Waals surface area contributed by atoms with Crippen LogP contribution in [-0.2, 0) is 9.53 Å². The number of benzene rings is 2. The summed E-state index contributed by atoms with van der Waals surface area (Å²) in [5, 5.41) is 20.4. The SMILES string of the molecule is N#Cc1cc(-c2ncnc(Nc3ccc(N4CCN(C5COC5)CC4)cc3)n2)ccc1O[C@H]1CCN(C(=O)C2=CN=NC2)CC1(F)F. The lowest BCUT2D eigenvalue weighted by molar-refractivity contribution is -0.157. The molecule has 0 spiro atoms. The Morgan fingerprint density at radius 3 is 2.55 bits per heavy atom. The van der Waals surface area contributed by atoms with Gasteiger partial charge in [-0.1, -0.05) is 0 Å². The van der Waals surface area contributed by atoms with Gasteiger partial charge in [-0.3, -0.25) is 9.69 Å². The summed E-state index contributed by atoms with van der Waals surface area (Å²) in [6.07, 6.45) is 1.04. The van der Waals surface area contributed by atoms with Crippen LogP contribution < -0.4 is 15.0 Å². The predicted octanol–water partition coefficient (Wildman–Crippen LogP) is 3.64. The van der Waals surface area contributed by atoms with Crippen LogP contribution >= 0.6 is 0 Å². The third-order valence-corrected chi connectivity index (χ3v) is 8.77. The molecule has 0 saturated carbocycles. The lowest BCUT2D eigenvalue weighted by atomic mass is 10.0. The lowest BCUT2D eigenvalue weighted by Gasteiger charge is -2.43. The smallest absolute Gasteiger partial charge is 0.301 e. The van der Waals surface area contributed by atoms with E-state index in [1.807, 2.05) is 18.2 Å². The highest BCUT2D eigenvalue weighted by molar-refractivity contribution is 5.94. The van der Waals surface area contributed by atoms with Crippen LogP contribution in [0.5, 0.6) is 5.75 Å². The summed E-state index contributed by atoms with van der Waals surface area (Å²) in [4.78, 5) is 31.5. The van der Waals surface area contributed by atoms with Crippen LogP contribution in [-0.4, -0.2) is 108 Å². The van der Waals surface area contributed by atoms with Gasteiger partial charge in [0.15, 0.2) is 11.9 Å². The normalized spacial score (nSPS) is 21.1. The summed E-state index contributed by atoms with van der Waals surface area (Å²) in [5.41, 5.74) is 2.78. The maximum absolute atomic E-state index is 15.1. The topological polar surface area (TPSA) is 144 Å². The number of azo groups is 1. The van der Waals surface area contributed by atoms with Gasteiger partial charge >= 0.3 is 5.92 Å². The Balaban J connectivity index is 0.979. The Bertz CT molecular complexity index is 1730. The highest BCUT2D eigenvalue weighted by atomic mass is 19.3. The van der Waals surface area contributed by atoms with Crippen molar-refractivity contribution in [2.24, 2.45) is 10.2 Å². The number of anilines is 3. The molecule has 0 unspecified atom stereocenters. The van der Waals surface area contributed by atoms with Crippen molar-refractivity contribution in [1.29, 1.82) is 5.26 Å². The number of rotatable bonds is 8. The fourth-order valence-corrected chi connectivity index (χ4v) is 6.00. The molecule has 0 radical (unpaired) electrons. The average molecular weight is 643 g/mol. The largest absolute Gasteiger partial charge is 0.483 e.